The van der Waals surface area contributed by atoms with Crippen molar-refractivity contribution in [3.63, 3.8) is 0 Å². The predicted molar refractivity (Wildman–Crippen MR) is 362 cm³/mol. The fraction of sp³-hybridized carbons (Fsp3) is 0.727. The van der Waals surface area contributed by atoms with Crippen LogP contribution in [0.4, 0.5) is 0 Å². The molecule has 0 saturated heterocycles. The first-order chi connectivity index (χ1) is 41.0. The normalized spacial score (nSPS) is 12.8. The third-order valence-electron chi connectivity index (χ3n) is 15.2. The molecule has 0 aliphatic rings. The van der Waals surface area contributed by atoms with Gasteiger partial charge in [0.2, 0.25) is 0 Å². The molecule has 0 aromatic heterocycles. The van der Waals surface area contributed by atoms with Gasteiger partial charge in [-0.2, -0.15) is 0 Å². The van der Waals surface area contributed by atoms with Crippen LogP contribution in [-0.2, 0) is 28.6 Å². The summed E-state index contributed by atoms with van der Waals surface area (Å²) in [6, 6.07) is 0. The summed E-state index contributed by atoms with van der Waals surface area (Å²) in [6.07, 6.45) is 96.9. The van der Waals surface area contributed by atoms with E-state index in [0.29, 0.717) is 19.3 Å². The first kappa shape index (κ1) is 79.1. The molecule has 6 nitrogen and oxygen atoms in total. The minimum atomic E-state index is -0.786. The SMILES string of the molecule is CC/C=C\C/C=C\C/C=C\C/C=C\C/C=C\CCCCCCCCCCCCCC(=O)OCC(COC(=O)CCCCCCC/C=C\CCCC)OC(=O)CCCCCCCCCCCCCC/C=C\C/C=C\C/C=C\CCCCCCC. The zero-order valence-electron chi connectivity index (χ0n) is 54.7. The van der Waals surface area contributed by atoms with E-state index in [0.717, 1.165) is 109 Å². The van der Waals surface area contributed by atoms with Crippen LogP contribution in [0.25, 0.3) is 0 Å². The lowest BCUT2D eigenvalue weighted by molar-refractivity contribution is -0.167. The summed E-state index contributed by atoms with van der Waals surface area (Å²) in [7, 11) is 0. The Morgan fingerprint density at radius 3 is 0.783 bits per heavy atom. The van der Waals surface area contributed by atoms with Crippen molar-refractivity contribution in [3.8, 4) is 0 Å². The molecule has 0 radical (unpaired) electrons. The maximum atomic E-state index is 13.0. The molecule has 0 aliphatic carbocycles. The molecule has 0 spiro atoms. The largest absolute Gasteiger partial charge is 0.462 e. The number of allylic oxidation sites excluding steroid dienone is 18. The first-order valence-electron chi connectivity index (χ1n) is 35.4. The number of carbonyl (C=O) groups is 3. The summed E-state index contributed by atoms with van der Waals surface area (Å²) in [5.74, 6) is -0.885. The van der Waals surface area contributed by atoms with Crippen molar-refractivity contribution in [2.45, 2.75) is 348 Å². The Morgan fingerprint density at radius 1 is 0.253 bits per heavy atom. The van der Waals surface area contributed by atoms with E-state index in [4.69, 9.17) is 14.2 Å². The van der Waals surface area contributed by atoms with Gasteiger partial charge in [-0.1, -0.05) is 310 Å². The van der Waals surface area contributed by atoms with Gasteiger partial charge in [-0.3, -0.25) is 14.4 Å². The molecule has 476 valence electrons. The van der Waals surface area contributed by atoms with Crippen molar-refractivity contribution in [2.75, 3.05) is 13.2 Å². The lowest BCUT2D eigenvalue weighted by Gasteiger charge is -2.18. The zero-order chi connectivity index (χ0) is 59.9. The highest BCUT2D eigenvalue weighted by Crippen LogP contribution is 2.17. The quantitative estimate of drug-likeness (QED) is 0.0261. The smallest absolute Gasteiger partial charge is 0.306 e. The van der Waals surface area contributed by atoms with Crippen LogP contribution in [0.1, 0.15) is 342 Å². The molecule has 0 rings (SSSR count). The van der Waals surface area contributed by atoms with E-state index < -0.39 is 6.10 Å². The average Bonchev–Trinajstić information content (AvgIpc) is 3.48. The van der Waals surface area contributed by atoms with Crippen LogP contribution in [0.3, 0.4) is 0 Å². The fourth-order valence-electron chi connectivity index (χ4n) is 9.93. The number of unbranched alkanes of at least 4 members (excludes halogenated alkanes) is 35. The highest BCUT2D eigenvalue weighted by Gasteiger charge is 2.19. The lowest BCUT2D eigenvalue weighted by atomic mass is 10.0. The molecule has 0 heterocycles. The van der Waals surface area contributed by atoms with Crippen molar-refractivity contribution in [2.24, 2.45) is 0 Å². The molecule has 6 heteroatoms. The van der Waals surface area contributed by atoms with Crippen molar-refractivity contribution in [3.05, 3.63) is 109 Å². The zero-order valence-corrected chi connectivity index (χ0v) is 54.7. The van der Waals surface area contributed by atoms with E-state index in [1.54, 1.807) is 0 Å². The monoisotopic (exact) mass is 1150 g/mol. The third kappa shape index (κ3) is 68.7. The van der Waals surface area contributed by atoms with Gasteiger partial charge in [-0.15, -0.1) is 0 Å². The fourth-order valence-corrected chi connectivity index (χ4v) is 9.93. The maximum Gasteiger partial charge on any atom is 0.306 e. The minimum Gasteiger partial charge on any atom is -0.462 e. The van der Waals surface area contributed by atoms with Gasteiger partial charge in [0.25, 0.3) is 0 Å². The topological polar surface area (TPSA) is 78.9 Å². The second-order valence-corrected chi connectivity index (χ2v) is 23.4. The van der Waals surface area contributed by atoms with Gasteiger partial charge < -0.3 is 14.2 Å². The minimum absolute atomic E-state index is 0.0819. The van der Waals surface area contributed by atoms with Crippen LogP contribution in [0.15, 0.2) is 109 Å². The number of carbonyl (C=O) groups excluding carboxylic acids is 3. The van der Waals surface area contributed by atoms with Crippen molar-refractivity contribution in [1.82, 2.24) is 0 Å². The summed E-state index contributed by atoms with van der Waals surface area (Å²) in [5.41, 5.74) is 0. The van der Waals surface area contributed by atoms with Crippen LogP contribution >= 0.6 is 0 Å². The van der Waals surface area contributed by atoms with Crippen LogP contribution < -0.4 is 0 Å². The lowest BCUT2D eigenvalue weighted by Crippen LogP contribution is -2.30. The number of esters is 3. The molecule has 0 saturated carbocycles. The second-order valence-electron chi connectivity index (χ2n) is 23.4. The molecular formula is C77H132O6. The number of ether oxygens (including phenoxy) is 3. The third-order valence-corrected chi connectivity index (χ3v) is 15.2. The molecular weight excluding hydrogens is 1020 g/mol. The Labute approximate surface area is 514 Å². The van der Waals surface area contributed by atoms with E-state index in [1.165, 1.54) is 193 Å². The number of hydrogen-bond donors (Lipinski definition) is 0. The highest BCUT2D eigenvalue weighted by atomic mass is 16.6. The standard InChI is InChI=1S/C77H132O6/c1-4-7-10-13-16-19-22-24-26-28-30-32-34-36-38-40-42-44-46-48-50-52-55-58-61-64-67-70-76(79)82-73-74(72-81-75(78)69-66-63-60-57-54-21-18-15-12-9-6-3)83-77(80)71-68-65-62-59-56-53-51-49-47-45-43-41-39-37-35-33-31-29-27-25-23-20-17-14-11-8-5-2/h7,10,15-16,18-19,23-26,29-32,35-38,74H,4-6,8-9,11-14,17,20-22,27-28,33-34,39-73H2,1-3H3/b10-7-,18-15-,19-16-,25-23-,26-24-,31-29-,32-30-,37-35-,38-36-. The molecule has 0 aliphatic heterocycles. The Kier molecular flexibility index (Phi) is 67.2. The van der Waals surface area contributed by atoms with Crippen molar-refractivity contribution < 1.29 is 28.6 Å². The van der Waals surface area contributed by atoms with Gasteiger partial charge in [0.05, 0.1) is 0 Å². The molecule has 0 bridgehead atoms. The molecule has 0 aromatic carbocycles. The molecule has 0 amide bonds. The van der Waals surface area contributed by atoms with Crippen LogP contribution in [0, 0.1) is 0 Å². The number of hydrogen-bond acceptors (Lipinski definition) is 6. The van der Waals surface area contributed by atoms with Gasteiger partial charge >= 0.3 is 17.9 Å². The van der Waals surface area contributed by atoms with Crippen molar-refractivity contribution in [1.29, 1.82) is 0 Å². The molecule has 83 heavy (non-hydrogen) atoms. The van der Waals surface area contributed by atoms with E-state index in [-0.39, 0.29) is 31.1 Å². The van der Waals surface area contributed by atoms with Gasteiger partial charge in [0.15, 0.2) is 6.10 Å². The summed E-state index contributed by atoms with van der Waals surface area (Å²) < 4.78 is 17.0. The van der Waals surface area contributed by atoms with Crippen LogP contribution in [0.5, 0.6) is 0 Å². The van der Waals surface area contributed by atoms with Crippen molar-refractivity contribution >= 4 is 17.9 Å². The molecule has 1 unspecified atom stereocenters. The van der Waals surface area contributed by atoms with Gasteiger partial charge in [0.1, 0.15) is 13.2 Å². The molecule has 0 aromatic rings. The van der Waals surface area contributed by atoms with Gasteiger partial charge in [-0.25, -0.2) is 0 Å². The first-order valence-corrected chi connectivity index (χ1v) is 35.4. The Hall–Kier alpha value is -3.93. The Bertz CT molecular complexity index is 1660. The molecule has 0 N–H and O–H groups in total. The summed E-state index contributed by atoms with van der Waals surface area (Å²) in [6.45, 7) is 6.50. The highest BCUT2D eigenvalue weighted by molar-refractivity contribution is 5.71. The number of rotatable bonds is 64. The van der Waals surface area contributed by atoms with Gasteiger partial charge in [-0.05, 0) is 122 Å². The maximum absolute atomic E-state index is 13.0. The van der Waals surface area contributed by atoms with E-state index in [2.05, 4.69) is 130 Å². The van der Waals surface area contributed by atoms with E-state index >= 15 is 0 Å². The summed E-state index contributed by atoms with van der Waals surface area (Å²) in [5, 5.41) is 0. The molecule has 1 atom stereocenters. The van der Waals surface area contributed by atoms with Crippen LogP contribution in [-0.4, -0.2) is 37.2 Å². The molecule has 0 fully saturated rings. The predicted octanol–water partition coefficient (Wildman–Crippen LogP) is 24.6. The van der Waals surface area contributed by atoms with Crippen LogP contribution in [0.2, 0.25) is 0 Å². The van der Waals surface area contributed by atoms with Gasteiger partial charge in [0, 0.05) is 19.3 Å². The summed E-state index contributed by atoms with van der Waals surface area (Å²) >= 11 is 0. The van der Waals surface area contributed by atoms with E-state index in [1.807, 2.05) is 0 Å². The Balaban J connectivity index is 4.24. The second kappa shape index (κ2) is 70.6. The Morgan fingerprint density at radius 2 is 0.482 bits per heavy atom. The van der Waals surface area contributed by atoms with E-state index in [9.17, 15) is 14.4 Å². The average molecular weight is 1150 g/mol. The summed E-state index contributed by atoms with van der Waals surface area (Å²) in [4.78, 5) is 38.4.